The summed E-state index contributed by atoms with van der Waals surface area (Å²) in [6.07, 6.45) is 3.01. The number of nitrogens with zero attached hydrogens (tertiary/aromatic N) is 1. The molecule has 0 radical (unpaired) electrons. The predicted molar refractivity (Wildman–Crippen MR) is 79.1 cm³/mol. The first-order valence-corrected chi connectivity index (χ1v) is 6.89. The number of rotatable bonds is 5. The Labute approximate surface area is 114 Å². The summed E-state index contributed by atoms with van der Waals surface area (Å²) in [4.78, 5) is 11.9. The highest BCUT2D eigenvalue weighted by Crippen LogP contribution is 2.19. The van der Waals surface area contributed by atoms with Gasteiger partial charge in [-0.05, 0) is 37.0 Å². The van der Waals surface area contributed by atoms with Gasteiger partial charge in [-0.25, -0.2) is 0 Å². The molecule has 0 spiro atoms. The third-order valence-electron chi connectivity index (χ3n) is 3.39. The van der Waals surface area contributed by atoms with E-state index in [4.69, 9.17) is 0 Å². The zero-order chi connectivity index (χ0) is 13.8. The first-order chi connectivity index (χ1) is 9.08. The Hall–Kier alpha value is -1.77. The van der Waals surface area contributed by atoms with Gasteiger partial charge in [0.05, 0.1) is 0 Å². The lowest BCUT2D eigenvalue weighted by Crippen LogP contribution is -2.28. The van der Waals surface area contributed by atoms with Crippen LogP contribution in [0.2, 0.25) is 0 Å². The summed E-state index contributed by atoms with van der Waals surface area (Å²) < 4.78 is 2.01. The van der Waals surface area contributed by atoms with E-state index >= 15 is 0 Å². The molecule has 19 heavy (non-hydrogen) atoms. The summed E-state index contributed by atoms with van der Waals surface area (Å²) in [5, 5.41) is 4.19. The molecule has 0 aliphatic carbocycles. The molecular weight excluding hydrogens is 236 g/mol. The predicted octanol–water partition coefficient (Wildman–Crippen LogP) is 3.11. The molecule has 1 N–H and O–H groups in total. The summed E-state index contributed by atoms with van der Waals surface area (Å²) in [6.45, 7) is 7.57. The fourth-order valence-corrected chi connectivity index (χ4v) is 2.23. The Balaban J connectivity index is 2.01. The molecule has 0 aliphatic rings. The van der Waals surface area contributed by atoms with Gasteiger partial charge in [0.25, 0.3) is 0 Å². The van der Waals surface area contributed by atoms with Crippen molar-refractivity contribution in [3.63, 3.8) is 0 Å². The number of nitrogens with one attached hydrogen (secondary N) is 1. The molecule has 2 rings (SSSR count). The van der Waals surface area contributed by atoms with E-state index in [9.17, 15) is 4.79 Å². The highest BCUT2D eigenvalue weighted by Gasteiger charge is 2.07. The fraction of sp³-hybridized carbons (Fsp3) is 0.438. The van der Waals surface area contributed by atoms with Gasteiger partial charge >= 0.3 is 0 Å². The maximum Gasteiger partial charge on any atom is 0.239 e. The van der Waals surface area contributed by atoms with Crippen LogP contribution >= 0.6 is 0 Å². The number of aryl methyl sites for hydroxylation is 1. The Morgan fingerprint density at radius 1 is 1.32 bits per heavy atom. The van der Waals surface area contributed by atoms with E-state index in [1.54, 1.807) is 0 Å². The van der Waals surface area contributed by atoms with Gasteiger partial charge in [0.1, 0.15) is 6.54 Å². The number of carbonyl (C=O) groups is 1. The van der Waals surface area contributed by atoms with Gasteiger partial charge in [-0.15, -0.1) is 0 Å². The van der Waals surface area contributed by atoms with Gasteiger partial charge in [-0.1, -0.05) is 26.0 Å². The van der Waals surface area contributed by atoms with Crippen LogP contribution in [0.5, 0.6) is 0 Å². The van der Waals surface area contributed by atoms with Gasteiger partial charge in [0.15, 0.2) is 0 Å². The van der Waals surface area contributed by atoms with Crippen LogP contribution in [0.4, 0.5) is 0 Å². The lowest BCUT2D eigenvalue weighted by molar-refractivity contribution is -0.121. The van der Waals surface area contributed by atoms with Crippen molar-refractivity contribution in [3.8, 4) is 0 Å². The lowest BCUT2D eigenvalue weighted by Gasteiger charge is -2.09. The highest BCUT2D eigenvalue weighted by atomic mass is 16.1. The van der Waals surface area contributed by atoms with Crippen molar-refractivity contribution in [1.82, 2.24) is 9.88 Å². The van der Waals surface area contributed by atoms with Gasteiger partial charge in [-0.2, -0.15) is 0 Å². The molecule has 3 heteroatoms. The van der Waals surface area contributed by atoms with E-state index in [-0.39, 0.29) is 5.91 Å². The Morgan fingerprint density at radius 2 is 2.11 bits per heavy atom. The summed E-state index contributed by atoms with van der Waals surface area (Å²) >= 11 is 0. The molecular formula is C16H22N2O. The number of fused-ring (bicyclic) bond motifs is 1. The van der Waals surface area contributed by atoms with Crippen molar-refractivity contribution in [2.45, 2.75) is 33.7 Å². The summed E-state index contributed by atoms with van der Waals surface area (Å²) in [5.41, 5.74) is 2.37. The van der Waals surface area contributed by atoms with E-state index in [1.807, 2.05) is 16.8 Å². The lowest BCUT2D eigenvalue weighted by atomic mass is 10.1. The van der Waals surface area contributed by atoms with Crippen LogP contribution < -0.4 is 5.32 Å². The summed E-state index contributed by atoms with van der Waals surface area (Å²) in [5.74, 6) is 0.704. The van der Waals surface area contributed by atoms with E-state index < -0.39 is 0 Å². The number of benzene rings is 1. The minimum atomic E-state index is 0.0830. The minimum absolute atomic E-state index is 0.0830. The number of aromatic nitrogens is 1. The SMILES string of the molecule is Cc1cccc2c1ccn2CC(=O)NCCC(C)C. The topological polar surface area (TPSA) is 34.0 Å². The minimum Gasteiger partial charge on any atom is -0.355 e. The van der Waals surface area contributed by atoms with Gasteiger partial charge in [-0.3, -0.25) is 4.79 Å². The Bertz CT molecular complexity index is 569. The Kier molecular flexibility index (Phi) is 4.25. The molecule has 102 valence electrons. The van der Waals surface area contributed by atoms with Crippen molar-refractivity contribution in [1.29, 1.82) is 0 Å². The largest absolute Gasteiger partial charge is 0.355 e. The maximum absolute atomic E-state index is 11.9. The molecule has 1 aromatic carbocycles. The maximum atomic E-state index is 11.9. The highest BCUT2D eigenvalue weighted by molar-refractivity contribution is 5.85. The summed E-state index contributed by atoms with van der Waals surface area (Å²) in [6, 6.07) is 8.26. The van der Waals surface area contributed by atoms with Crippen molar-refractivity contribution >= 4 is 16.8 Å². The molecule has 2 aromatic rings. The zero-order valence-electron chi connectivity index (χ0n) is 11.9. The van der Waals surface area contributed by atoms with Crippen LogP contribution in [-0.2, 0) is 11.3 Å². The second-order valence-electron chi connectivity index (χ2n) is 5.48. The number of hydrogen-bond acceptors (Lipinski definition) is 1. The van der Waals surface area contributed by atoms with Crippen LogP contribution in [-0.4, -0.2) is 17.0 Å². The first kappa shape index (κ1) is 13.7. The Morgan fingerprint density at radius 3 is 2.84 bits per heavy atom. The number of amides is 1. The third-order valence-corrected chi connectivity index (χ3v) is 3.39. The van der Waals surface area contributed by atoms with Crippen molar-refractivity contribution in [2.75, 3.05) is 6.54 Å². The van der Waals surface area contributed by atoms with Gasteiger partial charge in [0, 0.05) is 23.6 Å². The monoisotopic (exact) mass is 258 g/mol. The molecule has 0 saturated carbocycles. The second-order valence-corrected chi connectivity index (χ2v) is 5.48. The van der Waals surface area contributed by atoms with E-state index in [0.29, 0.717) is 12.5 Å². The van der Waals surface area contributed by atoms with Crippen molar-refractivity contribution < 1.29 is 4.79 Å². The van der Waals surface area contributed by atoms with Crippen LogP contribution in [0, 0.1) is 12.8 Å². The molecule has 3 nitrogen and oxygen atoms in total. The van der Waals surface area contributed by atoms with E-state index in [2.05, 4.69) is 44.3 Å². The first-order valence-electron chi connectivity index (χ1n) is 6.89. The van der Waals surface area contributed by atoms with E-state index in [0.717, 1.165) is 18.5 Å². The molecule has 0 atom stereocenters. The van der Waals surface area contributed by atoms with Crippen molar-refractivity contribution in [3.05, 3.63) is 36.0 Å². The standard InChI is InChI=1S/C16H22N2O/c1-12(2)7-9-17-16(19)11-18-10-8-14-13(3)5-4-6-15(14)18/h4-6,8,10,12H,7,9,11H2,1-3H3,(H,17,19). The normalized spacial score (nSPS) is 11.2. The van der Waals surface area contributed by atoms with E-state index in [1.165, 1.54) is 10.9 Å². The van der Waals surface area contributed by atoms with Gasteiger partial charge < -0.3 is 9.88 Å². The molecule has 1 heterocycles. The molecule has 1 amide bonds. The van der Waals surface area contributed by atoms with Gasteiger partial charge in [0.2, 0.25) is 5.91 Å². The molecule has 1 aromatic heterocycles. The van der Waals surface area contributed by atoms with Crippen LogP contribution in [0.15, 0.2) is 30.5 Å². The van der Waals surface area contributed by atoms with Crippen LogP contribution in [0.25, 0.3) is 10.9 Å². The van der Waals surface area contributed by atoms with Crippen LogP contribution in [0.1, 0.15) is 25.8 Å². The number of hydrogen-bond donors (Lipinski definition) is 1. The molecule has 0 fully saturated rings. The quantitative estimate of drug-likeness (QED) is 0.878. The molecule has 0 unspecified atom stereocenters. The number of carbonyl (C=O) groups excluding carboxylic acids is 1. The van der Waals surface area contributed by atoms with Crippen LogP contribution in [0.3, 0.4) is 0 Å². The molecule has 0 saturated heterocycles. The zero-order valence-corrected chi connectivity index (χ0v) is 11.9. The summed E-state index contributed by atoms with van der Waals surface area (Å²) in [7, 11) is 0. The molecule has 0 aliphatic heterocycles. The fourth-order valence-electron chi connectivity index (χ4n) is 2.23. The third kappa shape index (κ3) is 3.37. The second kappa shape index (κ2) is 5.91. The smallest absolute Gasteiger partial charge is 0.239 e. The molecule has 0 bridgehead atoms. The van der Waals surface area contributed by atoms with Crippen molar-refractivity contribution in [2.24, 2.45) is 5.92 Å². The average Bonchev–Trinajstić information content (AvgIpc) is 2.73. The average molecular weight is 258 g/mol.